The number of rotatable bonds is 2. The number of halogens is 1. The lowest BCUT2D eigenvalue weighted by Gasteiger charge is -2.09. The second-order valence-corrected chi connectivity index (χ2v) is 3.98. The van der Waals surface area contributed by atoms with Gasteiger partial charge in [-0.2, -0.15) is 0 Å². The largest absolute Gasteiger partial charge is 0.454 e. The fourth-order valence-corrected chi connectivity index (χ4v) is 1.58. The van der Waals surface area contributed by atoms with Crippen LogP contribution in [0.3, 0.4) is 0 Å². The zero-order chi connectivity index (χ0) is 11.5. The molecule has 2 aromatic carbocycles. The van der Waals surface area contributed by atoms with Gasteiger partial charge in [-0.25, -0.2) is 0 Å². The van der Waals surface area contributed by atoms with E-state index in [0.29, 0.717) is 16.5 Å². The summed E-state index contributed by atoms with van der Waals surface area (Å²) in [5.74, 6) is 1.23. The van der Waals surface area contributed by atoms with Crippen molar-refractivity contribution in [3.8, 4) is 11.5 Å². The number of nitrogen functional groups attached to an aromatic ring is 1. The molecule has 0 atom stereocenters. The molecule has 0 bridgehead atoms. The predicted octanol–water partition coefficient (Wildman–Crippen LogP) is 4.02. The molecule has 0 aliphatic rings. The topological polar surface area (TPSA) is 35.2 Å². The maximum absolute atomic E-state index is 6.01. The van der Waals surface area contributed by atoms with Crippen molar-refractivity contribution in [2.75, 3.05) is 5.73 Å². The van der Waals surface area contributed by atoms with Gasteiger partial charge in [-0.1, -0.05) is 35.4 Å². The number of para-hydroxylation sites is 1. The van der Waals surface area contributed by atoms with Crippen LogP contribution in [0.25, 0.3) is 0 Å². The van der Waals surface area contributed by atoms with Crippen molar-refractivity contribution in [2.24, 2.45) is 0 Å². The molecule has 82 valence electrons. The summed E-state index contributed by atoms with van der Waals surface area (Å²) in [5, 5.41) is 0.514. The minimum Gasteiger partial charge on any atom is -0.454 e. The fraction of sp³-hybridized carbons (Fsp3) is 0.0769. The van der Waals surface area contributed by atoms with Gasteiger partial charge in [0.05, 0.1) is 10.7 Å². The highest BCUT2D eigenvalue weighted by Gasteiger charge is 2.06. The molecule has 2 N–H and O–H groups in total. The van der Waals surface area contributed by atoms with E-state index in [1.807, 2.05) is 31.2 Å². The average molecular weight is 234 g/mol. The second-order valence-electron chi connectivity index (χ2n) is 3.57. The first-order chi connectivity index (χ1) is 7.66. The van der Waals surface area contributed by atoms with E-state index in [1.165, 1.54) is 5.56 Å². The number of hydrogen-bond donors (Lipinski definition) is 1. The molecule has 0 unspecified atom stereocenters. The highest BCUT2D eigenvalue weighted by atomic mass is 35.5. The van der Waals surface area contributed by atoms with Crippen molar-refractivity contribution >= 4 is 17.3 Å². The van der Waals surface area contributed by atoms with E-state index in [-0.39, 0.29) is 0 Å². The van der Waals surface area contributed by atoms with Gasteiger partial charge in [-0.05, 0) is 31.2 Å². The molecular formula is C13H12ClNO. The highest BCUT2D eigenvalue weighted by molar-refractivity contribution is 6.32. The van der Waals surface area contributed by atoms with Crippen LogP contribution in [0.2, 0.25) is 5.02 Å². The lowest BCUT2D eigenvalue weighted by molar-refractivity contribution is 0.485. The van der Waals surface area contributed by atoms with Crippen molar-refractivity contribution in [3.63, 3.8) is 0 Å². The Balaban J connectivity index is 2.30. The van der Waals surface area contributed by atoms with Gasteiger partial charge in [-0.3, -0.25) is 0 Å². The SMILES string of the molecule is Cc1ccc(Oc2c(N)cccc2Cl)cc1. The summed E-state index contributed by atoms with van der Waals surface area (Å²) in [7, 11) is 0. The third-order valence-electron chi connectivity index (χ3n) is 2.24. The lowest BCUT2D eigenvalue weighted by atomic mass is 10.2. The Morgan fingerprint density at radius 1 is 1.06 bits per heavy atom. The van der Waals surface area contributed by atoms with Crippen molar-refractivity contribution in [1.82, 2.24) is 0 Å². The molecule has 0 heterocycles. The van der Waals surface area contributed by atoms with Crippen molar-refractivity contribution in [2.45, 2.75) is 6.92 Å². The highest BCUT2D eigenvalue weighted by Crippen LogP contribution is 2.34. The summed E-state index contributed by atoms with van der Waals surface area (Å²) in [6.45, 7) is 2.02. The number of benzene rings is 2. The van der Waals surface area contributed by atoms with Gasteiger partial charge >= 0.3 is 0 Å². The van der Waals surface area contributed by atoms with Gasteiger partial charge in [0.1, 0.15) is 5.75 Å². The van der Waals surface area contributed by atoms with E-state index < -0.39 is 0 Å². The molecule has 0 aliphatic carbocycles. The predicted molar refractivity (Wildman–Crippen MR) is 67.1 cm³/mol. The maximum Gasteiger partial charge on any atom is 0.168 e. The molecule has 0 aromatic heterocycles. The van der Waals surface area contributed by atoms with Gasteiger partial charge in [0, 0.05) is 0 Å². The van der Waals surface area contributed by atoms with E-state index in [2.05, 4.69) is 0 Å². The smallest absolute Gasteiger partial charge is 0.168 e. The molecule has 2 rings (SSSR count). The number of hydrogen-bond acceptors (Lipinski definition) is 2. The first kappa shape index (κ1) is 10.8. The standard InChI is InChI=1S/C13H12ClNO/c1-9-5-7-10(8-6-9)16-13-11(14)3-2-4-12(13)15/h2-8H,15H2,1H3. The quantitative estimate of drug-likeness (QED) is 0.795. The van der Waals surface area contributed by atoms with E-state index in [9.17, 15) is 0 Å². The van der Waals surface area contributed by atoms with Crippen LogP contribution in [-0.4, -0.2) is 0 Å². The third kappa shape index (κ3) is 2.28. The molecule has 16 heavy (non-hydrogen) atoms. The van der Waals surface area contributed by atoms with Crippen LogP contribution in [-0.2, 0) is 0 Å². The Labute approximate surface area is 99.6 Å². The number of aryl methyl sites for hydroxylation is 1. The Hall–Kier alpha value is -1.67. The first-order valence-electron chi connectivity index (χ1n) is 4.95. The molecule has 0 fully saturated rings. The van der Waals surface area contributed by atoms with E-state index in [1.54, 1.807) is 18.2 Å². The average Bonchev–Trinajstić information content (AvgIpc) is 2.26. The minimum atomic E-state index is 0.507. The van der Waals surface area contributed by atoms with Crippen LogP contribution in [0.4, 0.5) is 5.69 Å². The Morgan fingerprint density at radius 3 is 2.38 bits per heavy atom. The lowest BCUT2D eigenvalue weighted by Crippen LogP contribution is -1.92. The zero-order valence-electron chi connectivity index (χ0n) is 8.91. The van der Waals surface area contributed by atoms with Gasteiger partial charge < -0.3 is 10.5 Å². The molecule has 3 heteroatoms. The molecule has 0 radical (unpaired) electrons. The van der Waals surface area contributed by atoms with Gasteiger partial charge in [0.2, 0.25) is 0 Å². The molecule has 0 saturated heterocycles. The van der Waals surface area contributed by atoms with Crippen LogP contribution in [0, 0.1) is 6.92 Å². The monoisotopic (exact) mass is 233 g/mol. The summed E-state index contributed by atoms with van der Waals surface area (Å²) in [6.07, 6.45) is 0. The van der Waals surface area contributed by atoms with Crippen LogP contribution < -0.4 is 10.5 Å². The summed E-state index contributed by atoms with van der Waals surface area (Å²) in [6, 6.07) is 13.0. The number of nitrogens with two attached hydrogens (primary N) is 1. The number of anilines is 1. The van der Waals surface area contributed by atoms with E-state index in [4.69, 9.17) is 22.1 Å². The second kappa shape index (κ2) is 4.45. The normalized spacial score (nSPS) is 10.1. The zero-order valence-corrected chi connectivity index (χ0v) is 9.66. The van der Waals surface area contributed by atoms with E-state index in [0.717, 1.165) is 5.75 Å². The third-order valence-corrected chi connectivity index (χ3v) is 2.54. The maximum atomic E-state index is 6.01. The number of ether oxygens (including phenoxy) is 1. The van der Waals surface area contributed by atoms with Crippen LogP contribution in [0.1, 0.15) is 5.56 Å². The molecule has 2 aromatic rings. The summed E-state index contributed by atoms with van der Waals surface area (Å²) < 4.78 is 5.64. The molecule has 0 aliphatic heterocycles. The van der Waals surface area contributed by atoms with Crippen molar-refractivity contribution in [3.05, 3.63) is 53.1 Å². The van der Waals surface area contributed by atoms with Crippen LogP contribution in [0.15, 0.2) is 42.5 Å². The summed E-state index contributed by atoms with van der Waals surface area (Å²) >= 11 is 6.01. The Bertz CT molecular complexity index is 474. The van der Waals surface area contributed by atoms with Gasteiger partial charge in [0.25, 0.3) is 0 Å². The molecule has 0 spiro atoms. The van der Waals surface area contributed by atoms with Gasteiger partial charge in [-0.15, -0.1) is 0 Å². The molecular weight excluding hydrogens is 222 g/mol. The van der Waals surface area contributed by atoms with Gasteiger partial charge in [0.15, 0.2) is 5.75 Å². The minimum absolute atomic E-state index is 0.507. The Kier molecular flexibility index (Phi) is 3.02. The fourth-order valence-electron chi connectivity index (χ4n) is 1.36. The van der Waals surface area contributed by atoms with Crippen molar-refractivity contribution < 1.29 is 4.74 Å². The molecule has 2 nitrogen and oxygen atoms in total. The first-order valence-corrected chi connectivity index (χ1v) is 5.33. The summed E-state index contributed by atoms with van der Waals surface area (Å²) in [4.78, 5) is 0. The summed E-state index contributed by atoms with van der Waals surface area (Å²) in [5.41, 5.74) is 7.51. The van der Waals surface area contributed by atoms with E-state index >= 15 is 0 Å². The van der Waals surface area contributed by atoms with Crippen LogP contribution >= 0.6 is 11.6 Å². The van der Waals surface area contributed by atoms with Crippen LogP contribution in [0.5, 0.6) is 11.5 Å². The molecule has 0 saturated carbocycles. The molecule has 0 amide bonds. The van der Waals surface area contributed by atoms with Crippen molar-refractivity contribution in [1.29, 1.82) is 0 Å². The Morgan fingerprint density at radius 2 is 1.75 bits per heavy atom.